The van der Waals surface area contributed by atoms with Gasteiger partial charge in [-0.25, -0.2) is 9.78 Å². The number of carbonyl (C=O) groups is 1. The van der Waals surface area contributed by atoms with Crippen LogP contribution in [0.15, 0.2) is 18.3 Å². The first-order chi connectivity index (χ1) is 15.8. The van der Waals surface area contributed by atoms with Crippen molar-refractivity contribution in [3.63, 3.8) is 0 Å². The van der Waals surface area contributed by atoms with E-state index < -0.39 is 5.60 Å². The zero-order valence-electron chi connectivity index (χ0n) is 19.9. The highest BCUT2D eigenvalue weighted by molar-refractivity contribution is 5.69. The molecule has 178 valence electrons. The maximum absolute atomic E-state index is 12.2. The summed E-state index contributed by atoms with van der Waals surface area (Å²) in [6.07, 6.45) is 7.79. The average Bonchev–Trinajstić information content (AvgIpc) is 3.47. The molecule has 3 aliphatic rings. The lowest BCUT2D eigenvalue weighted by Crippen LogP contribution is -2.54. The van der Waals surface area contributed by atoms with Crippen LogP contribution in [0, 0.1) is 11.8 Å². The van der Waals surface area contributed by atoms with Gasteiger partial charge in [-0.2, -0.15) is 10.1 Å². The van der Waals surface area contributed by atoms with Gasteiger partial charge in [0.05, 0.1) is 0 Å². The van der Waals surface area contributed by atoms with E-state index in [1.165, 1.54) is 31.4 Å². The van der Waals surface area contributed by atoms with Crippen molar-refractivity contribution in [3.8, 4) is 0 Å². The van der Waals surface area contributed by atoms with Gasteiger partial charge in [-0.3, -0.25) is 5.10 Å². The van der Waals surface area contributed by atoms with E-state index in [0.717, 1.165) is 50.2 Å². The number of ether oxygens (including phenoxy) is 1. The second-order valence-electron chi connectivity index (χ2n) is 10.7. The van der Waals surface area contributed by atoms with Gasteiger partial charge in [-0.05, 0) is 57.9 Å². The van der Waals surface area contributed by atoms with Crippen molar-refractivity contribution in [3.05, 3.63) is 24.0 Å². The highest BCUT2D eigenvalue weighted by Gasteiger charge is 2.41. The van der Waals surface area contributed by atoms with Gasteiger partial charge in [0.1, 0.15) is 11.4 Å². The summed E-state index contributed by atoms with van der Waals surface area (Å²) in [6, 6.07) is 3.99. The number of H-pyrrole nitrogens is 1. The number of hydrogen-bond acceptors (Lipinski definition) is 7. The molecule has 3 fully saturated rings. The van der Waals surface area contributed by atoms with Gasteiger partial charge in [0, 0.05) is 50.1 Å². The molecule has 9 nitrogen and oxygen atoms in total. The largest absolute Gasteiger partial charge is 0.444 e. The molecule has 9 heteroatoms. The summed E-state index contributed by atoms with van der Waals surface area (Å²) in [4.78, 5) is 25.5. The molecule has 0 radical (unpaired) electrons. The van der Waals surface area contributed by atoms with Gasteiger partial charge in [0.15, 0.2) is 5.82 Å². The fourth-order valence-corrected chi connectivity index (χ4v) is 5.19. The normalized spacial score (nSPS) is 22.0. The maximum Gasteiger partial charge on any atom is 0.410 e. The summed E-state index contributed by atoms with van der Waals surface area (Å²) < 4.78 is 5.48. The van der Waals surface area contributed by atoms with Crippen LogP contribution >= 0.6 is 0 Å². The summed E-state index contributed by atoms with van der Waals surface area (Å²) in [6.45, 7) is 9.12. The van der Waals surface area contributed by atoms with E-state index in [1.807, 2.05) is 31.7 Å². The summed E-state index contributed by atoms with van der Waals surface area (Å²) in [5, 5.41) is 10.9. The molecule has 5 rings (SSSR count). The summed E-state index contributed by atoms with van der Waals surface area (Å²) >= 11 is 0. The second kappa shape index (κ2) is 8.83. The van der Waals surface area contributed by atoms with Gasteiger partial charge in [-0.15, -0.1) is 0 Å². The highest BCUT2D eigenvalue weighted by atomic mass is 16.6. The van der Waals surface area contributed by atoms with Crippen molar-refractivity contribution < 1.29 is 9.53 Å². The number of aromatic nitrogens is 4. The molecule has 2 aromatic rings. The molecule has 0 aromatic carbocycles. The number of rotatable bonds is 5. The number of likely N-dealkylation sites (tertiary alicyclic amines) is 1. The topological polar surface area (TPSA) is 99.3 Å². The Labute approximate surface area is 195 Å². The molecule has 2 N–H and O–H groups in total. The Bertz CT molecular complexity index is 973. The zero-order valence-corrected chi connectivity index (χ0v) is 19.9. The summed E-state index contributed by atoms with van der Waals surface area (Å²) in [5.74, 6) is 3.97. The second-order valence-corrected chi connectivity index (χ2v) is 10.7. The third kappa shape index (κ3) is 5.07. The average molecular weight is 454 g/mol. The van der Waals surface area contributed by atoms with Crippen molar-refractivity contribution in [2.24, 2.45) is 11.8 Å². The highest BCUT2D eigenvalue weighted by Crippen LogP contribution is 2.35. The Morgan fingerprint density at radius 1 is 1.12 bits per heavy atom. The van der Waals surface area contributed by atoms with Crippen LogP contribution in [-0.4, -0.2) is 62.9 Å². The first kappa shape index (κ1) is 22.0. The third-order valence-corrected chi connectivity index (χ3v) is 7.03. The lowest BCUT2D eigenvalue weighted by molar-refractivity contribution is -0.00912. The van der Waals surface area contributed by atoms with E-state index in [0.29, 0.717) is 17.8 Å². The van der Waals surface area contributed by atoms with Crippen LogP contribution in [0.2, 0.25) is 0 Å². The Morgan fingerprint density at radius 2 is 1.91 bits per heavy atom. The van der Waals surface area contributed by atoms with E-state index in [4.69, 9.17) is 9.72 Å². The van der Waals surface area contributed by atoms with Gasteiger partial charge in [0.2, 0.25) is 5.95 Å². The molecule has 1 aliphatic carbocycles. The van der Waals surface area contributed by atoms with Crippen LogP contribution in [0.1, 0.15) is 64.5 Å². The lowest BCUT2D eigenvalue weighted by atomic mass is 9.85. The Hall–Kier alpha value is -2.84. The van der Waals surface area contributed by atoms with Crippen molar-refractivity contribution in [1.82, 2.24) is 25.1 Å². The van der Waals surface area contributed by atoms with Crippen molar-refractivity contribution in [2.75, 3.05) is 36.4 Å². The minimum atomic E-state index is -0.448. The molecule has 33 heavy (non-hydrogen) atoms. The molecular formula is C24H35N7O2. The lowest BCUT2D eigenvalue weighted by Gasteiger charge is -2.42. The molecule has 4 heterocycles. The Kier molecular flexibility index (Phi) is 5.88. The first-order valence-corrected chi connectivity index (χ1v) is 12.2. The van der Waals surface area contributed by atoms with Crippen LogP contribution in [0.3, 0.4) is 0 Å². The van der Waals surface area contributed by atoms with E-state index in [-0.39, 0.29) is 6.09 Å². The molecule has 1 unspecified atom stereocenters. The third-order valence-electron chi connectivity index (χ3n) is 7.03. The van der Waals surface area contributed by atoms with E-state index in [9.17, 15) is 4.79 Å². The quantitative estimate of drug-likeness (QED) is 0.696. The smallest absolute Gasteiger partial charge is 0.410 e. The SMILES string of the molecule is CC(C)(C)OC(=O)N1CC(C2CCN(c3nccc(Nc4cc(C5CCCC5)[nH]n4)n3)C2)C1. The number of amides is 1. The molecule has 1 amide bonds. The predicted molar refractivity (Wildman–Crippen MR) is 127 cm³/mol. The number of nitrogens with zero attached hydrogens (tertiary/aromatic N) is 5. The number of nitrogens with one attached hydrogen (secondary N) is 2. The van der Waals surface area contributed by atoms with Gasteiger partial charge < -0.3 is 19.9 Å². The number of hydrogen-bond donors (Lipinski definition) is 2. The molecule has 2 saturated heterocycles. The number of anilines is 3. The fourth-order valence-electron chi connectivity index (χ4n) is 5.19. The van der Waals surface area contributed by atoms with Crippen molar-refractivity contribution >= 4 is 23.7 Å². The van der Waals surface area contributed by atoms with Crippen LogP contribution in [0.5, 0.6) is 0 Å². The molecular weight excluding hydrogens is 418 g/mol. The van der Waals surface area contributed by atoms with Crippen LogP contribution in [-0.2, 0) is 4.74 Å². The summed E-state index contributed by atoms with van der Waals surface area (Å²) in [5.41, 5.74) is 0.768. The summed E-state index contributed by atoms with van der Waals surface area (Å²) in [7, 11) is 0. The number of carbonyl (C=O) groups excluding carboxylic acids is 1. The monoisotopic (exact) mass is 453 g/mol. The van der Waals surface area contributed by atoms with E-state index >= 15 is 0 Å². The zero-order chi connectivity index (χ0) is 23.0. The molecule has 0 spiro atoms. The maximum atomic E-state index is 12.2. The van der Waals surface area contributed by atoms with Gasteiger partial charge in [-0.1, -0.05) is 12.8 Å². The molecule has 2 aliphatic heterocycles. The van der Waals surface area contributed by atoms with Crippen LogP contribution in [0.25, 0.3) is 0 Å². The molecule has 1 saturated carbocycles. The minimum Gasteiger partial charge on any atom is -0.444 e. The van der Waals surface area contributed by atoms with Crippen molar-refractivity contribution in [2.45, 2.75) is 64.4 Å². The Morgan fingerprint density at radius 3 is 2.67 bits per heavy atom. The Balaban J connectivity index is 1.14. The van der Waals surface area contributed by atoms with Crippen LogP contribution in [0.4, 0.5) is 22.4 Å². The minimum absolute atomic E-state index is 0.204. The van der Waals surface area contributed by atoms with Gasteiger partial charge >= 0.3 is 6.09 Å². The molecule has 1 atom stereocenters. The van der Waals surface area contributed by atoms with Gasteiger partial charge in [0.25, 0.3) is 0 Å². The molecule has 0 bridgehead atoms. The predicted octanol–water partition coefficient (Wildman–Crippen LogP) is 4.29. The standard InChI is InChI=1S/C24H35N7O2/c1-24(2,3)33-23(32)31-14-18(15-31)17-9-11-30(13-17)22-25-10-8-20(27-22)26-21-12-19(28-29-21)16-6-4-5-7-16/h8,10,12,16-18H,4-7,9,11,13-15H2,1-3H3,(H2,25,26,27,28,29). The van der Waals surface area contributed by atoms with E-state index in [1.54, 1.807) is 6.20 Å². The number of aromatic amines is 1. The van der Waals surface area contributed by atoms with Crippen molar-refractivity contribution in [1.29, 1.82) is 0 Å². The first-order valence-electron chi connectivity index (χ1n) is 12.2. The molecule has 2 aromatic heterocycles. The fraction of sp³-hybridized carbons (Fsp3) is 0.667. The van der Waals surface area contributed by atoms with Crippen LogP contribution < -0.4 is 10.2 Å². The van der Waals surface area contributed by atoms with E-state index in [2.05, 4.69) is 31.5 Å².